The third-order valence-electron chi connectivity index (χ3n) is 4.46. The summed E-state index contributed by atoms with van der Waals surface area (Å²) in [5, 5.41) is 12.1. The highest BCUT2D eigenvalue weighted by atomic mass is 32.1. The Morgan fingerprint density at radius 3 is 2.42 bits per heavy atom. The topological polar surface area (TPSA) is 71.5 Å². The van der Waals surface area contributed by atoms with E-state index in [0.717, 1.165) is 4.88 Å². The second-order valence-electron chi connectivity index (χ2n) is 6.06. The zero-order valence-electron chi connectivity index (χ0n) is 14.0. The SMILES string of the molecule is O=C(Nc1ncc(CCO)s1)OCC1c2ccccc2-c2ccccc21. The fourth-order valence-corrected chi connectivity index (χ4v) is 4.10. The van der Waals surface area contributed by atoms with Gasteiger partial charge < -0.3 is 9.84 Å². The number of hydrogen-bond donors (Lipinski definition) is 2. The van der Waals surface area contributed by atoms with Crippen molar-refractivity contribution in [2.24, 2.45) is 0 Å². The van der Waals surface area contributed by atoms with Crippen molar-refractivity contribution >= 4 is 22.6 Å². The van der Waals surface area contributed by atoms with E-state index in [1.165, 1.54) is 33.6 Å². The van der Waals surface area contributed by atoms with Crippen LogP contribution in [0.3, 0.4) is 0 Å². The van der Waals surface area contributed by atoms with Gasteiger partial charge in [-0.1, -0.05) is 48.5 Å². The van der Waals surface area contributed by atoms with Crippen LogP contribution in [-0.4, -0.2) is 29.4 Å². The van der Waals surface area contributed by atoms with Gasteiger partial charge in [-0.05, 0) is 22.3 Å². The van der Waals surface area contributed by atoms with E-state index in [0.29, 0.717) is 11.6 Å². The molecule has 0 aliphatic heterocycles. The summed E-state index contributed by atoms with van der Waals surface area (Å²) in [7, 11) is 0. The number of fused-ring (bicyclic) bond motifs is 3. The third-order valence-corrected chi connectivity index (χ3v) is 5.44. The first-order valence-electron chi connectivity index (χ1n) is 8.44. The van der Waals surface area contributed by atoms with E-state index < -0.39 is 6.09 Å². The molecule has 0 saturated carbocycles. The molecule has 1 aromatic heterocycles. The third kappa shape index (κ3) is 3.21. The number of aromatic nitrogens is 1. The molecular formula is C20H18N2O3S. The van der Waals surface area contributed by atoms with Crippen LogP contribution in [0.15, 0.2) is 54.7 Å². The summed E-state index contributed by atoms with van der Waals surface area (Å²) in [6, 6.07) is 16.5. The second kappa shape index (κ2) is 7.27. The van der Waals surface area contributed by atoms with Gasteiger partial charge in [0.2, 0.25) is 0 Å². The summed E-state index contributed by atoms with van der Waals surface area (Å²) in [5.41, 5.74) is 4.76. The molecule has 0 bridgehead atoms. The van der Waals surface area contributed by atoms with Crippen molar-refractivity contribution in [1.82, 2.24) is 4.98 Å². The minimum atomic E-state index is -0.517. The molecule has 1 aliphatic carbocycles. The van der Waals surface area contributed by atoms with Crippen molar-refractivity contribution < 1.29 is 14.6 Å². The molecule has 4 rings (SSSR count). The maximum Gasteiger partial charge on any atom is 0.413 e. The average Bonchev–Trinajstić information content (AvgIpc) is 3.23. The van der Waals surface area contributed by atoms with Crippen molar-refractivity contribution in [2.75, 3.05) is 18.5 Å². The number of aliphatic hydroxyl groups is 1. The van der Waals surface area contributed by atoms with Crippen LogP contribution in [0.2, 0.25) is 0 Å². The van der Waals surface area contributed by atoms with Gasteiger partial charge in [0.05, 0.1) is 0 Å². The predicted molar refractivity (Wildman–Crippen MR) is 102 cm³/mol. The summed E-state index contributed by atoms with van der Waals surface area (Å²) in [4.78, 5) is 17.2. The Labute approximate surface area is 155 Å². The number of nitrogens with zero attached hydrogens (tertiary/aromatic N) is 1. The molecule has 1 aliphatic rings. The van der Waals surface area contributed by atoms with Crippen LogP contribution in [0.1, 0.15) is 21.9 Å². The van der Waals surface area contributed by atoms with Gasteiger partial charge in [-0.3, -0.25) is 5.32 Å². The highest BCUT2D eigenvalue weighted by Crippen LogP contribution is 2.44. The van der Waals surface area contributed by atoms with Gasteiger partial charge in [0.15, 0.2) is 5.13 Å². The number of ether oxygens (including phenoxy) is 1. The first-order valence-corrected chi connectivity index (χ1v) is 9.25. The van der Waals surface area contributed by atoms with Crippen LogP contribution in [0.25, 0.3) is 11.1 Å². The van der Waals surface area contributed by atoms with Crippen LogP contribution in [-0.2, 0) is 11.2 Å². The fourth-order valence-electron chi connectivity index (χ4n) is 3.31. The van der Waals surface area contributed by atoms with E-state index in [1.807, 2.05) is 24.3 Å². The second-order valence-corrected chi connectivity index (χ2v) is 7.17. The molecule has 2 N–H and O–H groups in total. The first-order chi connectivity index (χ1) is 12.8. The number of hydrogen-bond acceptors (Lipinski definition) is 5. The van der Waals surface area contributed by atoms with E-state index in [-0.39, 0.29) is 19.1 Å². The Kier molecular flexibility index (Phi) is 4.69. The number of carbonyl (C=O) groups excluding carboxylic acids is 1. The lowest BCUT2D eigenvalue weighted by molar-refractivity contribution is 0.158. The van der Waals surface area contributed by atoms with Gasteiger partial charge in [0.1, 0.15) is 6.61 Å². The summed E-state index contributed by atoms with van der Waals surface area (Å²) in [5.74, 6) is 0.0365. The number of benzene rings is 2. The Morgan fingerprint density at radius 2 is 1.77 bits per heavy atom. The number of carbonyl (C=O) groups is 1. The van der Waals surface area contributed by atoms with Crippen molar-refractivity contribution in [3.63, 3.8) is 0 Å². The lowest BCUT2D eigenvalue weighted by atomic mass is 9.98. The monoisotopic (exact) mass is 366 g/mol. The van der Waals surface area contributed by atoms with Crippen LogP contribution in [0.5, 0.6) is 0 Å². The van der Waals surface area contributed by atoms with Gasteiger partial charge in [-0.15, -0.1) is 11.3 Å². The van der Waals surface area contributed by atoms with Gasteiger partial charge in [-0.2, -0.15) is 0 Å². The fraction of sp³-hybridized carbons (Fsp3) is 0.200. The number of thiazole rings is 1. The Balaban J connectivity index is 1.45. The molecule has 0 saturated heterocycles. The molecule has 0 unspecified atom stereocenters. The quantitative estimate of drug-likeness (QED) is 0.715. The number of amides is 1. The van der Waals surface area contributed by atoms with Gasteiger partial charge in [-0.25, -0.2) is 9.78 Å². The Morgan fingerprint density at radius 1 is 1.12 bits per heavy atom. The lowest BCUT2D eigenvalue weighted by Crippen LogP contribution is -2.17. The molecule has 0 atom stereocenters. The van der Waals surface area contributed by atoms with Crippen LogP contribution in [0, 0.1) is 0 Å². The summed E-state index contributed by atoms with van der Waals surface area (Å²) < 4.78 is 5.48. The van der Waals surface area contributed by atoms with E-state index >= 15 is 0 Å². The zero-order chi connectivity index (χ0) is 17.9. The molecule has 5 nitrogen and oxygen atoms in total. The van der Waals surface area contributed by atoms with E-state index in [1.54, 1.807) is 6.20 Å². The molecular weight excluding hydrogens is 348 g/mol. The normalized spacial score (nSPS) is 12.5. The number of aliphatic hydroxyl groups excluding tert-OH is 1. The molecule has 1 amide bonds. The minimum Gasteiger partial charge on any atom is -0.448 e. The van der Waals surface area contributed by atoms with Gasteiger partial charge in [0.25, 0.3) is 0 Å². The highest BCUT2D eigenvalue weighted by molar-refractivity contribution is 7.15. The molecule has 3 aromatic rings. The van der Waals surface area contributed by atoms with Gasteiger partial charge in [0, 0.05) is 30.0 Å². The van der Waals surface area contributed by atoms with Crippen molar-refractivity contribution in [1.29, 1.82) is 0 Å². The van der Waals surface area contributed by atoms with E-state index in [2.05, 4.69) is 34.6 Å². The molecule has 0 radical (unpaired) electrons. The number of rotatable bonds is 5. The average molecular weight is 366 g/mol. The number of anilines is 1. The lowest BCUT2D eigenvalue weighted by Gasteiger charge is -2.14. The highest BCUT2D eigenvalue weighted by Gasteiger charge is 2.29. The van der Waals surface area contributed by atoms with Crippen molar-refractivity contribution in [2.45, 2.75) is 12.3 Å². The Bertz CT molecular complexity index is 893. The van der Waals surface area contributed by atoms with E-state index in [9.17, 15) is 4.79 Å². The molecule has 0 fully saturated rings. The molecule has 0 spiro atoms. The largest absolute Gasteiger partial charge is 0.448 e. The molecule has 2 aromatic carbocycles. The molecule has 6 heteroatoms. The Hall–Kier alpha value is -2.70. The summed E-state index contributed by atoms with van der Waals surface area (Å²) in [6.07, 6.45) is 1.67. The maximum absolute atomic E-state index is 12.1. The molecule has 26 heavy (non-hydrogen) atoms. The predicted octanol–water partition coefficient (Wildman–Crippen LogP) is 4.04. The van der Waals surface area contributed by atoms with Crippen LogP contribution < -0.4 is 5.32 Å². The number of nitrogens with one attached hydrogen (secondary N) is 1. The maximum atomic E-state index is 12.1. The van der Waals surface area contributed by atoms with Crippen molar-refractivity contribution in [3.05, 3.63) is 70.7 Å². The minimum absolute atomic E-state index is 0.0365. The smallest absolute Gasteiger partial charge is 0.413 e. The standard InChI is InChI=1S/C20H18N2O3S/c23-10-9-13-11-21-19(26-13)22-20(24)25-12-18-16-7-3-1-5-14(16)15-6-2-4-8-17(15)18/h1-8,11,18,23H,9-10,12H2,(H,21,22,24). The summed E-state index contributed by atoms with van der Waals surface area (Å²) >= 11 is 1.34. The molecule has 132 valence electrons. The molecule has 1 heterocycles. The van der Waals surface area contributed by atoms with Crippen LogP contribution >= 0.6 is 11.3 Å². The first kappa shape index (κ1) is 16.8. The van der Waals surface area contributed by atoms with Crippen LogP contribution in [0.4, 0.5) is 9.93 Å². The van der Waals surface area contributed by atoms with Crippen molar-refractivity contribution in [3.8, 4) is 11.1 Å². The summed E-state index contributed by atoms with van der Waals surface area (Å²) in [6.45, 7) is 0.335. The zero-order valence-corrected chi connectivity index (χ0v) is 14.8. The van der Waals surface area contributed by atoms with E-state index in [4.69, 9.17) is 9.84 Å². The van der Waals surface area contributed by atoms with Gasteiger partial charge >= 0.3 is 6.09 Å².